The molecule has 1 saturated heterocycles. The number of aromatic nitrogens is 2. The minimum absolute atomic E-state index is 0.124. The number of rotatable bonds is 5. The number of para-hydroxylation sites is 4. The molecule has 3 aromatic carbocycles. The van der Waals surface area contributed by atoms with Crippen LogP contribution in [0.5, 0.6) is 5.75 Å². The molecule has 0 saturated carbocycles. The van der Waals surface area contributed by atoms with Gasteiger partial charge in [0.2, 0.25) is 0 Å². The van der Waals surface area contributed by atoms with Gasteiger partial charge >= 0.3 is 6.03 Å². The molecular formula is C28H29N5O3. The van der Waals surface area contributed by atoms with E-state index < -0.39 is 0 Å². The van der Waals surface area contributed by atoms with Gasteiger partial charge in [0.1, 0.15) is 5.75 Å². The molecule has 5 rings (SSSR count). The number of nitrogens with zero attached hydrogens (tertiary/aromatic N) is 4. The monoisotopic (exact) mass is 483 g/mol. The smallest absolute Gasteiger partial charge is 0.322 e. The third kappa shape index (κ3) is 4.75. The van der Waals surface area contributed by atoms with Gasteiger partial charge < -0.3 is 19.9 Å². The summed E-state index contributed by atoms with van der Waals surface area (Å²) in [4.78, 5) is 35.0. The maximum absolute atomic E-state index is 13.6. The van der Waals surface area contributed by atoms with E-state index in [1.807, 2.05) is 54.3 Å². The molecule has 2 heterocycles. The largest absolute Gasteiger partial charge is 0.495 e. The molecule has 1 aliphatic rings. The number of ether oxygens (including phenoxy) is 1. The second-order valence-corrected chi connectivity index (χ2v) is 8.91. The molecule has 0 unspecified atom stereocenters. The van der Waals surface area contributed by atoms with Gasteiger partial charge in [0.25, 0.3) is 5.56 Å². The Morgan fingerprint density at radius 1 is 0.944 bits per heavy atom. The lowest BCUT2D eigenvalue weighted by atomic mass is 10.1. The molecule has 8 heteroatoms. The average molecular weight is 484 g/mol. The van der Waals surface area contributed by atoms with Crippen LogP contribution in [0.4, 0.5) is 16.3 Å². The normalized spacial score (nSPS) is 13.6. The van der Waals surface area contributed by atoms with Gasteiger partial charge in [0, 0.05) is 26.2 Å². The fourth-order valence-corrected chi connectivity index (χ4v) is 4.48. The summed E-state index contributed by atoms with van der Waals surface area (Å²) in [5.74, 6) is 1.03. The lowest BCUT2D eigenvalue weighted by Gasteiger charge is -2.35. The summed E-state index contributed by atoms with van der Waals surface area (Å²) < 4.78 is 7.12. The fourth-order valence-electron chi connectivity index (χ4n) is 4.48. The van der Waals surface area contributed by atoms with Crippen LogP contribution in [0.25, 0.3) is 11.0 Å². The molecule has 0 spiro atoms. The Morgan fingerprint density at radius 3 is 2.39 bits per heavy atom. The summed E-state index contributed by atoms with van der Waals surface area (Å²) in [6, 6.07) is 23.1. The van der Waals surface area contributed by atoms with Crippen molar-refractivity contribution in [1.82, 2.24) is 14.5 Å². The van der Waals surface area contributed by atoms with E-state index in [-0.39, 0.29) is 11.6 Å². The first-order valence-electron chi connectivity index (χ1n) is 12.0. The van der Waals surface area contributed by atoms with Gasteiger partial charge in [0.15, 0.2) is 5.82 Å². The number of anilines is 2. The highest BCUT2D eigenvalue weighted by atomic mass is 16.5. The summed E-state index contributed by atoms with van der Waals surface area (Å²) in [6.45, 7) is 4.51. The lowest BCUT2D eigenvalue weighted by Crippen LogP contribution is -2.51. The quantitative estimate of drug-likeness (QED) is 0.462. The standard InChI is InChI=1S/C28H29N5O3/c1-20-11-13-21(14-12-20)19-33-24-9-5-3-7-22(24)29-26(27(33)34)31-15-17-32(18-16-31)28(35)30-23-8-4-6-10-25(23)36-2/h3-14H,15-19H2,1-2H3,(H,30,35). The van der Waals surface area contributed by atoms with E-state index in [0.29, 0.717) is 50.0 Å². The van der Waals surface area contributed by atoms with Gasteiger partial charge in [-0.25, -0.2) is 9.78 Å². The number of benzene rings is 3. The summed E-state index contributed by atoms with van der Waals surface area (Å²) in [6.07, 6.45) is 0. The highest BCUT2D eigenvalue weighted by Gasteiger charge is 2.25. The van der Waals surface area contributed by atoms with Gasteiger partial charge in [-0.1, -0.05) is 54.1 Å². The van der Waals surface area contributed by atoms with Crippen molar-refractivity contribution in [3.63, 3.8) is 0 Å². The highest BCUT2D eigenvalue weighted by molar-refractivity contribution is 5.91. The number of aryl methyl sites for hydroxylation is 1. The van der Waals surface area contributed by atoms with Crippen molar-refractivity contribution in [2.45, 2.75) is 13.5 Å². The van der Waals surface area contributed by atoms with Gasteiger partial charge in [-0.15, -0.1) is 0 Å². The molecule has 0 atom stereocenters. The van der Waals surface area contributed by atoms with Crippen LogP contribution in [0.15, 0.2) is 77.6 Å². The van der Waals surface area contributed by atoms with E-state index in [1.165, 1.54) is 5.56 Å². The number of hydrogen-bond donors (Lipinski definition) is 1. The van der Waals surface area contributed by atoms with Crippen LogP contribution in [0.2, 0.25) is 0 Å². The zero-order valence-electron chi connectivity index (χ0n) is 20.5. The topological polar surface area (TPSA) is 79.7 Å². The van der Waals surface area contributed by atoms with Gasteiger partial charge in [-0.2, -0.15) is 0 Å². The number of hydrogen-bond acceptors (Lipinski definition) is 5. The van der Waals surface area contributed by atoms with E-state index in [1.54, 1.807) is 22.6 Å². The Kier molecular flexibility index (Phi) is 6.58. The summed E-state index contributed by atoms with van der Waals surface area (Å²) in [5, 5.41) is 2.92. The van der Waals surface area contributed by atoms with Gasteiger partial charge in [-0.05, 0) is 36.8 Å². The predicted molar refractivity (Wildman–Crippen MR) is 142 cm³/mol. The van der Waals surface area contributed by atoms with E-state index in [2.05, 4.69) is 29.6 Å². The van der Waals surface area contributed by atoms with E-state index >= 15 is 0 Å². The lowest BCUT2D eigenvalue weighted by molar-refractivity contribution is 0.208. The number of methoxy groups -OCH3 is 1. The van der Waals surface area contributed by atoms with Crippen molar-refractivity contribution >= 4 is 28.6 Å². The molecule has 2 amide bonds. The second kappa shape index (κ2) is 10.1. The molecule has 0 radical (unpaired) electrons. The van der Waals surface area contributed by atoms with Crippen LogP contribution in [-0.4, -0.2) is 53.8 Å². The van der Waals surface area contributed by atoms with Gasteiger partial charge in [-0.3, -0.25) is 9.36 Å². The maximum Gasteiger partial charge on any atom is 0.322 e. The second-order valence-electron chi connectivity index (χ2n) is 8.91. The highest BCUT2D eigenvalue weighted by Crippen LogP contribution is 2.24. The molecule has 1 aromatic heterocycles. The molecular weight excluding hydrogens is 454 g/mol. The summed E-state index contributed by atoms with van der Waals surface area (Å²) >= 11 is 0. The minimum Gasteiger partial charge on any atom is -0.495 e. The van der Waals surface area contributed by atoms with Crippen molar-refractivity contribution in [3.8, 4) is 5.75 Å². The average Bonchev–Trinajstić information content (AvgIpc) is 2.91. The number of nitrogens with one attached hydrogen (secondary N) is 1. The first-order chi connectivity index (χ1) is 17.5. The van der Waals surface area contributed by atoms with E-state index in [9.17, 15) is 9.59 Å². The Hall–Kier alpha value is -4.33. The van der Waals surface area contributed by atoms with Crippen LogP contribution < -0.4 is 20.5 Å². The molecule has 4 aromatic rings. The van der Waals surface area contributed by atoms with Crippen molar-refractivity contribution in [3.05, 3.63) is 94.3 Å². The van der Waals surface area contributed by atoms with Crippen LogP contribution in [0, 0.1) is 6.92 Å². The molecule has 1 fully saturated rings. The Balaban J connectivity index is 1.36. The maximum atomic E-state index is 13.6. The van der Waals surface area contributed by atoms with Crippen molar-refractivity contribution < 1.29 is 9.53 Å². The number of carbonyl (C=O) groups is 1. The Morgan fingerprint density at radius 2 is 1.64 bits per heavy atom. The Bertz CT molecular complexity index is 1440. The molecule has 1 aliphatic heterocycles. The molecule has 184 valence electrons. The zero-order valence-corrected chi connectivity index (χ0v) is 20.5. The first-order valence-corrected chi connectivity index (χ1v) is 12.0. The molecule has 0 bridgehead atoms. The van der Waals surface area contributed by atoms with E-state index in [0.717, 1.165) is 16.6 Å². The number of carbonyl (C=O) groups excluding carboxylic acids is 1. The van der Waals surface area contributed by atoms with Crippen LogP contribution in [0.1, 0.15) is 11.1 Å². The molecule has 8 nitrogen and oxygen atoms in total. The first kappa shape index (κ1) is 23.4. The molecule has 1 N–H and O–H groups in total. The number of urea groups is 1. The molecule has 36 heavy (non-hydrogen) atoms. The fraction of sp³-hybridized carbons (Fsp3) is 0.250. The SMILES string of the molecule is COc1ccccc1NC(=O)N1CCN(c2nc3ccccc3n(Cc3ccc(C)cc3)c2=O)CC1. The number of amides is 2. The summed E-state index contributed by atoms with van der Waals surface area (Å²) in [7, 11) is 1.58. The molecule has 0 aliphatic carbocycles. The van der Waals surface area contributed by atoms with Crippen molar-refractivity contribution in [2.24, 2.45) is 0 Å². The van der Waals surface area contributed by atoms with E-state index in [4.69, 9.17) is 9.72 Å². The van der Waals surface area contributed by atoms with Crippen LogP contribution >= 0.6 is 0 Å². The van der Waals surface area contributed by atoms with Crippen molar-refractivity contribution in [2.75, 3.05) is 43.5 Å². The number of piperazine rings is 1. The van der Waals surface area contributed by atoms with Crippen molar-refractivity contribution in [1.29, 1.82) is 0 Å². The number of fused-ring (bicyclic) bond motifs is 1. The van der Waals surface area contributed by atoms with Gasteiger partial charge in [0.05, 0.1) is 30.4 Å². The predicted octanol–water partition coefficient (Wildman–Crippen LogP) is 4.12. The third-order valence-electron chi connectivity index (χ3n) is 6.51. The van der Waals surface area contributed by atoms with Crippen LogP contribution in [0.3, 0.4) is 0 Å². The summed E-state index contributed by atoms with van der Waals surface area (Å²) in [5.41, 5.74) is 4.32. The third-order valence-corrected chi connectivity index (χ3v) is 6.51. The minimum atomic E-state index is -0.192. The Labute approximate surface area is 209 Å². The zero-order chi connectivity index (χ0) is 25.1. The van der Waals surface area contributed by atoms with Crippen LogP contribution in [-0.2, 0) is 6.54 Å².